The molecule has 1 N–H and O–H groups in total. The lowest BCUT2D eigenvalue weighted by Crippen LogP contribution is -1.97. The summed E-state index contributed by atoms with van der Waals surface area (Å²) < 4.78 is 0. The van der Waals surface area contributed by atoms with Gasteiger partial charge in [0.05, 0.1) is 16.6 Å². The molecule has 0 saturated carbocycles. The van der Waals surface area contributed by atoms with Gasteiger partial charge in [0.25, 0.3) is 0 Å². The van der Waals surface area contributed by atoms with Gasteiger partial charge < -0.3 is 5.11 Å². The van der Waals surface area contributed by atoms with Crippen LogP contribution in [0.5, 0.6) is 0 Å². The lowest BCUT2D eigenvalue weighted by molar-refractivity contribution is 0.0697. The zero-order chi connectivity index (χ0) is 15.8. The van der Waals surface area contributed by atoms with Crippen molar-refractivity contribution in [2.75, 3.05) is 0 Å². The van der Waals surface area contributed by atoms with Gasteiger partial charge in [-0.3, -0.25) is 0 Å². The molecule has 110 valence electrons. The molecule has 0 aliphatic heterocycles. The van der Waals surface area contributed by atoms with Gasteiger partial charge in [-0.05, 0) is 23.8 Å². The number of nitrogens with zero attached hydrogens (tertiary/aromatic N) is 1. The predicted molar refractivity (Wildman–Crippen MR) is 91.6 cm³/mol. The Hall–Kier alpha value is -3.20. The number of pyridine rings is 1. The van der Waals surface area contributed by atoms with E-state index in [-0.39, 0.29) is 5.56 Å². The molecule has 1 heterocycles. The highest BCUT2D eigenvalue weighted by Crippen LogP contribution is 2.34. The summed E-state index contributed by atoms with van der Waals surface area (Å²) in [7, 11) is 0. The Morgan fingerprint density at radius 2 is 1.48 bits per heavy atom. The Morgan fingerprint density at radius 3 is 2.26 bits per heavy atom. The number of aromatic carboxylic acids is 1. The zero-order valence-electron chi connectivity index (χ0n) is 12.2. The Balaban J connectivity index is 2.16. The minimum atomic E-state index is -0.942. The minimum Gasteiger partial charge on any atom is -0.478 e. The molecule has 23 heavy (non-hydrogen) atoms. The van der Waals surface area contributed by atoms with Gasteiger partial charge in [-0.15, -0.1) is 0 Å². The summed E-state index contributed by atoms with van der Waals surface area (Å²) in [5.74, 6) is -0.942. The number of carboxylic acid groups (broad SMARTS) is 1. The molecule has 0 aliphatic carbocycles. The third-order valence-corrected chi connectivity index (χ3v) is 3.99. The van der Waals surface area contributed by atoms with Crippen molar-refractivity contribution in [1.29, 1.82) is 0 Å². The van der Waals surface area contributed by atoms with Gasteiger partial charge in [0.2, 0.25) is 0 Å². The molecule has 0 saturated heterocycles. The summed E-state index contributed by atoms with van der Waals surface area (Å²) >= 11 is 0. The maximum atomic E-state index is 11.2. The van der Waals surface area contributed by atoms with Crippen LogP contribution in [0.3, 0.4) is 0 Å². The maximum absolute atomic E-state index is 11.2. The van der Waals surface area contributed by atoms with Crippen LogP contribution < -0.4 is 0 Å². The quantitative estimate of drug-likeness (QED) is 0.543. The third kappa shape index (κ3) is 2.23. The van der Waals surface area contributed by atoms with Gasteiger partial charge in [-0.2, -0.15) is 0 Å². The molecule has 0 bridgehead atoms. The maximum Gasteiger partial charge on any atom is 0.335 e. The Kier molecular flexibility index (Phi) is 3.05. The summed E-state index contributed by atoms with van der Waals surface area (Å²) in [5.41, 5.74) is 3.99. The van der Waals surface area contributed by atoms with Crippen molar-refractivity contribution in [2.45, 2.75) is 0 Å². The first kappa shape index (κ1) is 13.5. The van der Waals surface area contributed by atoms with Crippen LogP contribution in [0.15, 0.2) is 72.8 Å². The number of rotatable bonds is 2. The summed E-state index contributed by atoms with van der Waals surface area (Å²) in [5, 5.41) is 11.2. The first-order chi connectivity index (χ1) is 11.2. The molecular weight excluding hydrogens is 286 g/mol. The highest BCUT2D eigenvalue weighted by molar-refractivity contribution is 6.10. The van der Waals surface area contributed by atoms with Crippen LogP contribution in [0.1, 0.15) is 10.4 Å². The molecular formula is C20H13NO2. The van der Waals surface area contributed by atoms with Crippen molar-refractivity contribution >= 4 is 27.8 Å². The number of hydrogen-bond acceptors (Lipinski definition) is 2. The summed E-state index contributed by atoms with van der Waals surface area (Å²) in [6.07, 6.45) is 0. The van der Waals surface area contributed by atoms with Crippen LogP contribution in [0.25, 0.3) is 32.9 Å². The molecule has 0 aliphatic rings. The number of carboxylic acids is 1. The molecule has 0 spiro atoms. The number of carbonyl (C=O) groups is 1. The summed E-state index contributed by atoms with van der Waals surface area (Å²) in [6.45, 7) is 0. The Bertz CT molecular complexity index is 1040. The van der Waals surface area contributed by atoms with E-state index in [4.69, 9.17) is 0 Å². The van der Waals surface area contributed by atoms with Crippen LogP contribution in [0, 0.1) is 0 Å². The molecule has 4 rings (SSSR count). The van der Waals surface area contributed by atoms with Crippen molar-refractivity contribution in [3.63, 3.8) is 0 Å². The topological polar surface area (TPSA) is 50.2 Å². The zero-order valence-corrected chi connectivity index (χ0v) is 12.2. The van der Waals surface area contributed by atoms with Crippen LogP contribution in [0.4, 0.5) is 0 Å². The highest BCUT2D eigenvalue weighted by atomic mass is 16.4. The van der Waals surface area contributed by atoms with E-state index in [0.29, 0.717) is 5.52 Å². The fourth-order valence-corrected chi connectivity index (χ4v) is 2.94. The summed E-state index contributed by atoms with van der Waals surface area (Å²) in [6, 6.07) is 23.2. The number of fused-ring (bicyclic) bond motifs is 2. The first-order valence-electron chi connectivity index (χ1n) is 7.35. The van der Waals surface area contributed by atoms with Crippen molar-refractivity contribution < 1.29 is 9.90 Å². The smallest absolute Gasteiger partial charge is 0.335 e. The average molecular weight is 299 g/mol. The van der Waals surface area contributed by atoms with E-state index < -0.39 is 5.97 Å². The standard InChI is InChI=1S/C20H13NO2/c22-20(23)14-10-11-16-18(12-14)21-17-9-5-4-8-15(17)19(16)13-6-2-1-3-7-13/h1-12H,(H,22,23). The monoisotopic (exact) mass is 299 g/mol. The van der Waals surface area contributed by atoms with Crippen LogP contribution >= 0.6 is 0 Å². The lowest BCUT2D eigenvalue weighted by atomic mass is 9.95. The normalized spacial score (nSPS) is 11.0. The fraction of sp³-hybridized carbons (Fsp3) is 0. The largest absolute Gasteiger partial charge is 0.478 e. The van der Waals surface area contributed by atoms with E-state index >= 15 is 0 Å². The number of para-hydroxylation sites is 1. The van der Waals surface area contributed by atoms with Gasteiger partial charge in [0, 0.05) is 16.3 Å². The molecule has 0 atom stereocenters. The van der Waals surface area contributed by atoms with Crippen molar-refractivity contribution in [3.05, 3.63) is 78.4 Å². The fourth-order valence-electron chi connectivity index (χ4n) is 2.94. The number of benzene rings is 3. The van der Waals surface area contributed by atoms with E-state index in [0.717, 1.165) is 27.4 Å². The number of hydrogen-bond donors (Lipinski definition) is 1. The van der Waals surface area contributed by atoms with E-state index in [1.54, 1.807) is 12.1 Å². The Morgan fingerprint density at radius 1 is 0.783 bits per heavy atom. The van der Waals surface area contributed by atoms with Gasteiger partial charge >= 0.3 is 5.97 Å². The second kappa shape index (κ2) is 5.21. The van der Waals surface area contributed by atoms with Crippen LogP contribution in [-0.2, 0) is 0 Å². The average Bonchev–Trinajstić information content (AvgIpc) is 2.59. The second-order valence-electron chi connectivity index (χ2n) is 5.41. The molecule has 4 aromatic rings. The van der Waals surface area contributed by atoms with Gasteiger partial charge in [-0.25, -0.2) is 9.78 Å². The van der Waals surface area contributed by atoms with E-state index in [9.17, 15) is 9.90 Å². The Labute approximate surface area is 132 Å². The van der Waals surface area contributed by atoms with E-state index in [1.165, 1.54) is 0 Å². The predicted octanol–water partition coefficient (Wildman–Crippen LogP) is 4.75. The van der Waals surface area contributed by atoms with Crippen LogP contribution in [-0.4, -0.2) is 16.1 Å². The van der Waals surface area contributed by atoms with Crippen LogP contribution in [0.2, 0.25) is 0 Å². The summed E-state index contributed by atoms with van der Waals surface area (Å²) in [4.78, 5) is 15.9. The second-order valence-corrected chi connectivity index (χ2v) is 5.41. The van der Waals surface area contributed by atoms with Crippen molar-refractivity contribution in [1.82, 2.24) is 4.98 Å². The molecule has 0 fully saturated rings. The third-order valence-electron chi connectivity index (χ3n) is 3.99. The highest BCUT2D eigenvalue weighted by Gasteiger charge is 2.12. The van der Waals surface area contributed by atoms with Crippen molar-refractivity contribution in [3.8, 4) is 11.1 Å². The molecule has 1 aromatic heterocycles. The molecule has 3 aromatic carbocycles. The number of aromatic nitrogens is 1. The van der Waals surface area contributed by atoms with E-state index in [2.05, 4.69) is 23.2 Å². The molecule has 0 radical (unpaired) electrons. The molecule has 0 unspecified atom stereocenters. The van der Waals surface area contributed by atoms with Crippen molar-refractivity contribution in [2.24, 2.45) is 0 Å². The molecule has 3 heteroatoms. The molecule has 3 nitrogen and oxygen atoms in total. The lowest BCUT2D eigenvalue weighted by Gasteiger charge is -2.11. The first-order valence-corrected chi connectivity index (χ1v) is 7.35. The molecule has 0 amide bonds. The van der Waals surface area contributed by atoms with Gasteiger partial charge in [0.15, 0.2) is 0 Å². The van der Waals surface area contributed by atoms with Gasteiger partial charge in [0.1, 0.15) is 0 Å². The minimum absolute atomic E-state index is 0.249. The SMILES string of the molecule is O=C(O)c1ccc2c(-c3ccccc3)c3ccccc3nc2c1. The van der Waals surface area contributed by atoms with Gasteiger partial charge in [-0.1, -0.05) is 54.6 Å². The van der Waals surface area contributed by atoms with E-state index in [1.807, 2.05) is 42.5 Å².